The van der Waals surface area contributed by atoms with Crippen molar-refractivity contribution in [2.45, 2.75) is 137 Å². The summed E-state index contributed by atoms with van der Waals surface area (Å²) in [5, 5.41) is 23.9. The minimum absolute atomic E-state index is 0.0774. The molecule has 1 aromatic rings. The Kier molecular flexibility index (Phi) is 8.84. The molecule has 3 unspecified atom stereocenters. The van der Waals surface area contributed by atoms with Gasteiger partial charge in [-0.15, -0.1) is 0 Å². The zero-order valence-electron chi connectivity index (χ0n) is 30.9. The molecule has 2 heterocycles. The summed E-state index contributed by atoms with van der Waals surface area (Å²) in [6.45, 7) is 18.1. The highest BCUT2D eigenvalue weighted by Gasteiger charge is 2.91. The van der Waals surface area contributed by atoms with Gasteiger partial charge in [0.2, 0.25) is 6.10 Å². The van der Waals surface area contributed by atoms with E-state index in [-0.39, 0.29) is 30.1 Å². The maximum Gasteiger partial charge on any atom is 0.348 e. The molecule has 0 amide bonds. The summed E-state index contributed by atoms with van der Waals surface area (Å²) >= 11 is 0. The van der Waals surface area contributed by atoms with Gasteiger partial charge in [0.15, 0.2) is 11.9 Å². The molecule has 11 nitrogen and oxygen atoms in total. The number of hydrogen-bond donors (Lipinski definition) is 2. The number of fused-ring (bicyclic) bond motifs is 3. The number of furan rings is 1. The topological polar surface area (TPSA) is 162 Å². The van der Waals surface area contributed by atoms with Gasteiger partial charge in [-0.3, -0.25) is 9.59 Å². The van der Waals surface area contributed by atoms with Gasteiger partial charge in [0.25, 0.3) is 0 Å². The Morgan fingerprint density at radius 3 is 2.28 bits per heavy atom. The van der Waals surface area contributed by atoms with Crippen molar-refractivity contribution in [3.63, 3.8) is 0 Å². The first kappa shape index (κ1) is 36.8. The second-order valence-corrected chi connectivity index (χ2v) is 17.2. The first-order valence-electron chi connectivity index (χ1n) is 18.1. The zero-order chi connectivity index (χ0) is 36.9. The summed E-state index contributed by atoms with van der Waals surface area (Å²) in [5.41, 5.74) is -4.15. The number of ether oxygens (including phenoxy) is 4. The van der Waals surface area contributed by atoms with Crippen molar-refractivity contribution >= 4 is 23.7 Å². The quantitative estimate of drug-likeness (QED) is 0.205. The van der Waals surface area contributed by atoms with Crippen molar-refractivity contribution in [2.24, 2.45) is 45.3 Å². The summed E-state index contributed by atoms with van der Waals surface area (Å²) in [7, 11) is 0. The monoisotopic (exact) mass is 698 g/mol. The van der Waals surface area contributed by atoms with E-state index in [0.717, 1.165) is 5.56 Å². The first-order chi connectivity index (χ1) is 23.2. The largest absolute Gasteiger partial charge is 0.472 e. The van der Waals surface area contributed by atoms with Gasteiger partial charge in [-0.2, -0.15) is 0 Å². The van der Waals surface area contributed by atoms with Crippen LogP contribution in [0.4, 0.5) is 0 Å². The highest BCUT2D eigenvalue weighted by molar-refractivity contribution is 5.96. The Hall–Kier alpha value is -3.02. The molecule has 5 aliphatic rings. The van der Waals surface area contributed by atoms with Gasteiger partial charge < -0.3 is 33.6 Å². The van der Waals surface area contributed by atoms with Gasteiger partial charge in [-0.05, 0) is 54.2 Å². The number of aliphatic hydroxyl groups excluding tert-OH is 2. The minimum atomic E-state index is -1.38. The predicted molar refractivity (Wildman–Crippen MR) is 179 cm³/mol. The van der Waals surface area contributed by atoms with Crippen LogP contribution < -0.4 is 0 Å². The molecule has 4 aliphatic carbocycles. The molecule has 0 aromatic carbocycles. The van der Waals surface area contributed by atoms with E-state index in [4.69, 9.17) is 23.4 Å². The van der Waals surface area contributed by atoms with Gasteiger partial charge in [0.05, 0.1) is 24.7 Å². The van der Waals surface area contributed by atoms with Gasteiger partial charge in [0.1, 0.15) is 17.8 Å². The fraction of sp³-hybridized carbons (Fsp3) is 0.744. The molecular weight excluding hydrogens is 644 g/mol. The van der Waals surface area contributed by atoms with Crippen LogP contribution in [0, 0.1) is 45.3 Å². The Labute approximate surface area is 294 Å². The van der Waals surface area contributed by atoms with Crippen LogP contribution in [0.2, 0.25) is 0 Å². The third kappa shape index (κ3) is 4.78. The average molecular weight is 699 g/mol. The molecule has 3 saturated carbocycles. The Bertz CT molecular complexity index is 1560. The molecule has 1 aliphatic heterocycles. The average Bonchev–Trinajstić information content (AvgIpc) is 3.40. The molecule has 2 N–H and O–H groups in total. The van der Waals surface area contributed by atoms with Crippen LogP contribution in [0.3, 0.4) is 0 Å². The number of allylic oxidation sites excluding steroid dienone is 2. The third-order valence-electron chi connectivity index (χ3n) is 14.0. The third-order valence-corrected chi connectivity index (χ3v) is 14.0. The first-order valence-corrected chi connectivity index (χ1v) is 18.1. The standard InChI is InChI=1S/C39H54O11/c1-11-20(4)30(47-21(5)40)34(45)49-32-29(43)31-36(8)14-12-25(41)35(6,7)24(36)17-26(48-33(44)28(42)19(2)3)38(31,10)39-27(50-39)16-23(37(32,39)9)22-13-15-46-18-22/h12-15,18-20,23-24,26-32,42-43H,11,16-17H2,1-10H3/t20?,23-,24-,26+,27+,28?,29+,30?,31+,32-,36-,37+,38+,39+/m0/s1. The van der Waals surface area contributed by atoms with Crippen molar-refractivity contribution in [2.75, 3.05) is 0 Å². The van der Waals surface area contributed by atoms with E-state index in [1.54, 1.807) is 39.4 Å². The number of esters is 3. The van der Waals surface area contributed by atoms with E-state index >= 15 is 0 Å². The fourth-order valence-electron chi connectivity index (χ4n) is 11.3. The lowest BCUT2D eigenvalue weighted by molar-refractivity contribution is -0.296. The number of carbonyl (C=O) groups is 4. The second-order valence-electron chi connectivity index (χ2n) is 17.2. The molecule has 0 radical (unpaired) electrons. The summed E-state index contributed by atoms with van der Waals surface area (Å²) in [6, 6.07) is 1.86. The van der Waals surface area contributed by atoms with Crippen molar-refractivity contribution in [1.82, 2.24) is 0 Å². The molecule has 4 fully saturated rings. The minimum Gasteiger partial charge on any atom is -0.472 e. The van der Waals surface area contributed by atoms with Crippen molar-refractivity contribution in [3.05, 3.63) is 36.3 Å². The number of hydrogen-bond acceptors (Lipinski definition) is 11. The second kappa shape index (κ2) is 12.0. The maximum atomic E-state index is 14.2. The number of aliphatic hydroxyl groups is 2. The van der Waals surface area contributed by atoms with Crippen molar-refractivity contribution in [3.8, 4) is 0 Å². The Morgan fingerprint density at radius 1 is 1.02 bits per heavy atom. The number of rotatable bonds is 9. The van der Waals surface area contributed by atoms with Gasteiger partial charge in [-0.25, -0.2) is 9.59 Å². The zero-order valence-corrected chi connectivity index (χ0v) is 30.9. The summed E-state index contributed by atoms with van der Waals surface area (Å²) in [4.78, 5) is 53.5. The van der Waals surface area contributed by atoms with Crippen LogP contribution in [0.25, 0.3) is 0 Å². The molecule has 50 heavy (non-hydrogen) atoms. The molecule has 1 aromatic heterocycles. The fourth-order valence-corrected chi connectivity index (χ4v) is 11.3. The van der Waals surface area contributed by atoms with Crippen LogP contribution in [-0.2, 0) is 38.1 Å². The van der Waals surface area contributed by atoms with E-state index in [1.807, 2.05) is 53.7 Å². The van der Waals surface area contributed by atoms with Gasteiger partial charge >= 0.3 is 17.9 Å². The summed E-state index contributed by atoms with van der Waals surface area (Å²) in [5.74, 6) is -4.45. The van der Waals surface area contributed by atoms with E-state index in [0.29, 0.717) is 12.8 Å². The molecule has 276 valence electrons. The van der Waals surface area contributed by atoms with Crippen molar-refractivity contribution < 1.29 is 52.8 Å². The van der Waals surface area contributed by atoms with E-state index in [2.05, 4.69) is 0 Å². The summed E-state index contributed by atoms with van der Waals surface area (Å²) < 4.78 is 30.8. The van der Waals surface area contributed by atoms with Crippen LogP contribution in [0.1, 0.15) is 100.0 Å². The number of ketones is 1. The number of carbonyl (C=O) groups excluding carboxylic acids is 4. The van der Waals surface area contributed by atoms with E-state index in [9.17, 15) is 29.4 Å². The highest BCUT2D eigenvalue weighted by Crippen LogP contribution is 2.82. The molecule has 0 bridgehead atoms. The molecule has 11 heteroatoms. The summed E-state index contributed by atoms with van der Waals surface area (Å²) in [6.07, 6.45) is 1.71. The lowest BCUT2D eigenvalue weighted by atomic mass is 9.35. The lowest BCUT2D eigenvalue weighted by Gasteiger charge is -2.70. The van der Waals surface area contributed by atoms with Crippen LogP contribution in [-0.4, -0.2) is 76.1 Å². The Morgan fingerprint density at radius 2 is 1.70 bits per heavy atom. The van der Waals surface area contributed by atoms with Crippen molar-refractivity contribution in [1.29, 1.82) is 0 Å². The predicted octanol–water partition coefficient (Wildman–Crippen LogP) is 4.92. The molecule has 14 atom stereocenters. The van der Waals surface area contributed by atoms with Gasteiger partial charge in [0, 0.05) is 40.9 Å². The molecule has 1 saturated heterocycles. The SMILES string of the molecule is CCC(C)C(OC(C)=O)C(=O)O[C@H]1[C@H](O)[C@@H]2[C@@]3(C)C=CC(=O)C(C)(C)[C@@H]3C[C@@H](OC(=O)C(O)C(C)C)[C@@]2(C)[C@@]23O[C@@H]2C[C@@H](c2ccoc2)[C@]13C. The van der Waals surface area contributed by atoms with Crippen LogP contribution >= 0.6 is 0 Å². The molecule has 1 spiro atoms. The van der Waals surface area contributed by atoms with E-state index < -0.39 is 93.4 Å². The van der Waals surface area contributed by atoms with Crippen LogP contribution in [0.15, 0.2) is 35.2 Å². The Balaban J connectivity index is 1.56. The van der Waals surface area contributed by atoms with Gasteiger partial charge in [-0.1, -0.05) is 68.4 Å². The van der Waals surface area contributed by atoms with Crippen LogP contribution in [0.5, 0.6) is 0 Å². The number of epoxide rings is 1. The normalized spacial score (nSPS) is 42.7. The lowest BCUT2D eigenvalue weighted by Crippen LogP contribution is -2.77. The van der Waals surface area contributed by atoms with E-state index in [1.165, 1.54) is 6.92 Å². The smallest absolute Gasteiger partial charge is 0.348 e. The molecular formula is C39H54O11. The highest BCUT2D eigenvalue weighted by atomic mass is 16.6. The molecule has 6 rings (SSSR count). The maximum absolute atomic E-state index is 14.2.